The first-order chi connectivity index (χ1) is 14.1. The van der Waals surface area contributed by atoms with E-state index in [1.165, 1.54) is 11.8 Å². The molecule has 3 aromatic rings. The Labute approximate surface area is 172 Å². The second-order valence-corrected chi connectivity index (χ2v) is 7.14. The van der Waals surface area contributed by atoms with Gasteiger partial charge in [0.05, 0.1) is 35.9 Å². The van der Waals surface area contributed by atoms with Crippen molar-refractivity contribution in [2.75, 3.05) is 26.0 Å². The lowest BCUT2D eigenvalue weighted by Gasteiger charge is -2.13. The number of aromatic nitrogens is 2. The molecule has 2 aromatic carbocycles. The summed E-state index contributed by atoms with van der Waals surface area (Å²) in [5, 5.41) is 12.6. The fraction of sp³-hybridized carbons (Fsp3) is 0.238. The molecule has 29 heavy (non-hydrogen) atoms. The van der Waals surface area contributed by atoms with Crippen LogP contribution < -0.4 is 10.9 Å². The van der Waals surface area contributed by atoms with Crippen LogP contribution in [0.4, 0.5) is 0 Å². The molecule has 1 N–H and O–H groups in total. The first-order valence-corrected chi connectivity index (χ1v) is 9.98. The highest BCUT2D eigenvalue weighted by atomic mass is 32.2. The van der Waals surface area contributed by atoms with E-state index in [2.05, 4.69) is 16.4 Å². The van der Waals surface area contributed by atoms with Crippen molar-refractivity contribution in [3.8, 4) is 6.07 Å². The van der Waals surface area contributed by atoms with Crippen molar-refractivity contribution in [2.24, 2.45) is 0 Å². The van der Waals surface area contributed by atoms with Gasteiger partial charge >= 0.3 is 0 Å². The van der Waals surface area contributed by atoms with Crippen molar-refractivity contribution in [3.63, 3.8) is 0 Å². The van der Waals surface area contributed by atoms with E-state index < -0.39 is 0 Å². The number of carbonyl (C=O) groups excluding carboxylic acids is 1. The highest BCUT2D eigenvalue weighted by Crippen LogP contribution is 2.19. The summed E-state index contributed by atoms with van der Waals surface area (Å²) in [5.74, 6) is -0.0883. The number of thioether (sulfide) groups is 1. The summed E-state index contributed by atoms with van der Waals surface area (Å²) in [6.45, 7) is 1.16. The minimum Gasteiger partial charge on any atom is -0.383 e. The fourth-order valence-electron chi connectivity index (χ4n) is 2.82. The molecular weight excluding hydrogens is 388 g/mol. The number of fused-ring (bicyclic) bond motifs is 1. The molecule has 0 radical (unpaired) electrons. The maximum atomic E-state index is 13.1. The second-order valence-electron chi connectivity index (χ2n) is 6.20. The van der Waals surface area contributed by atoms with E-state index in [9.17, 15) is 9.59 Å². The van der Waals surface area contributed by atoms with Crippen molar-refractivity contribution in [3.05, 3.63) is 70.0 Å². The van der Waals surface area contributed by atoms with Crippen molar-refractivity contribution < 1.29 is 9.53 Å². The summed E-state index contributed by atoms with van der Waals surface area (Å²) >= 11 is 1.20. The predicted molar refractivity (Wildman–Crippen MR) is 112 cm³/mol. The molecule has 0 fully saturated rings. The number of benzene rings is 2. The van der Waals surface area contributed by atoms with Crippen molar-refractivity contribution in [2.45, 2.75) is 11.7 Å². The molecule has 0 spiro atoms. The highest BCUT2D eigenvalue weighted by molar-refractivity contribution is 7.99. The minimum absolute atomic E-state index is 0.171. The number of amides is 1. The molecule has 1 amide bonds. The molecule has 1 heterocycles. The van der Waals surface area contributed by atoms with Gasteiger partial charge in [0.2, 0.25) is 0 Å². The number of hydrogen-bond acceptors (Lipinski definition) is 6. The van der Waals surface area contributed by atoms with E-state index in [0.29, 0.717) is 41.3 Å². The molecule has 8 heteroatoms. The van der Waals surface area contributed by atoms with Crippen LogP contribution >= 0.6 is 11.8 Å². The number of methoxy groups -OCH3 is 1. The normalized spacial score (nSPS) is 10.6. The number of nitrogens with zero attached hydrogens (tertiary/aromatic N) is 3. The third-order valence-electron chi connectivity index (χ3n) is 4.22. The zero-order valence-electron chi connectivity index (χ0n) is 15.9. The summed E-state index contributed by atoms with van der Waals surface area (Å²) < 4.78 is 6.50. The minimum atomic E-state index is -0.259. The molecule has 0 atom stereocenters. The van der Waals surface area contributed by atoms with Crippen LogP contribution in [-0.2, 0) is 11.3 Å². The van der Waals surface area contributed by atoms with E-state index in [1.54, 1.807) is 29.9 Å². The molecule has 0 saturated heterocycles. The van der Waals surface area contributed by atoms with Gasteiger partial charge in [-0.15, -0.1) is 0 Å². The average Bonchev–Trinajstić information content (AvgIpc) is 2.75. The topological polar surface area (TPSA) is 97.0 Å². The van der Waals surface area contributed by atoms with Gasteiger partial charge in [0.25, 0.3) is 11.5 Å². The van der Waals surface area contributed by atoms with Gasteiger partial charge < -0.3 is 10.1 Å². The van der Waals surface area contributed by atoms with Gasteiger partial charge in [0.15, 0.2) is 5.16 Å². The zero-order chi connectivity index (χ0) is 20.6. The molecule has 0 aliphatic rings. The Morgan fingerprint density at radius 2 is 2.07 bits per heavy atom. The number of carbonyl (C=O) groups is 1. The monoisotopic (exact) mass is 408 g/mol. The van der Waals surface area contributed by atoms with E-state index in [1.807, 2.05) is 30.3 Å². The maximum absolute atomic E-state index is 13.1. The number of nitriles is 1. The standard InChI is InChI=1S/C21H20N4O3S/c1-28-11-10-23-19(26)16-7-8-17-18(13-16)24-21(29-12-9-22)25(20(17)27)14-15-5-3-2-4-6-15/h2-8,13H,10-12,14H2,1H3,(H,23,26). The van der Waals surface area contributed by atoms with Crippen LogP contribution in [-0.4, -0.2) is 41.5 Å². The molecular formula is C21H20N4O3S. The van der Waals surface area contributed by atoms with Crippen molar-refractivity contribution in [1.29, 1.82) is 5.26 Å². The van der Waals surface area contributed by atoms with Gasteiger partial charge in [0.1, 0.15) is 0 Å². The molecule has 7 nitrogen and oxygen atoms in total. The molecule has 0 bridgehead atoms. The van der Waals surface area contributed by atoms with E-state index >= 15 is 0 Å². The van der Waals surface area contributed by atoms with Crippen molar-refractivity contribution in [1.82, 2.24) is 14.9 Å². The van der Waals surface area contributed by atoms with Crippen LogP contribution in [0.15, 0.2) is 58.5 Å². The molecule has 0 aliphatic heterocycles. The van der Waals surface area contributed by atoms with Gasteiger partial charge in [-0.3, -0.25) is 14.2 Å². The van der Waals surface area contributed by atoms with Crippen LogP contribution in [0, 0.1) is 11.3 Å². The lowest BCUT2D eigenvalue weighted by atomic mass is 10.1. The Kier molecular flexibility index (Phi) is 7.00. The zero-order valence-corrected chi connectivity index (χ0v) is 16.7. The number of ether oxygens (including phenoxy) is 1. The van der Waals surface area contributed by atoms with Crippen LogP contribution in [0.5, 0.6) is 0 Å². The molecule has 0 unspecified atom stereocenters. The van der Waals surface area contributed by atoms with Crippen LogP contribution in [0.1, 0.15) is 15.9 Å². The Hall–Kier alpha value is -3.15. The fourth-order valence-corrected chi connectivity index (χ4v) is 3.48. The predicted octanol–water partition coefficient (Wildman–Crippen LogP) is 2.44. The summed E-state index contributed by atoms with van der Waals surface area (Å²) in [4.78, 5) is 30.0. The summed E-state index contributed by atoms with van der Waals surface area (Å²) in [7, 11) is 1.56. The van der Waals surface area contributed by atoms with Gasteiger partial charge in [-0.05, 0) is 23.8 Å². The molecule has 1 aromatic heterocycles. The number of rotatable bonds is 8. The first-order valence-electron chi connectivity index (χ1n) is 8.99. The lowest BCUT2D eigenvalue weighted by Crippen LogP contribution is -2.27. The van der Waals surface area contributed by atoms with Gasteiger partial charge in [0, 0.05) is 19.2 Å². The third-order valence-corrected chi connectivity index (χ3v) is 5.07. The lowest BCUT2D eigenvalue weighted by molar-refractivity contribution is 0.0937. The van der Waals surface area contributed by atoms with E-state index in [0.717, 1.165) is 5.56 Å². The molecule has 0 aliphatic carbocycles. The quantitative estimate of drug-likeness (QED) is 0.349. The molecule has 3 rings (SSSR count). The Morgan fingerprint density at radius 3 is 2.79 bits per heavy atom. The van der Waals surface area contributed by atoms with E-state index in [4.69, 9.17) is 10.00 Å². The SMILES string of the molecule is COCCNC(=O)c1ccc2c(=O)n(Cc3ccccc3)c(SCC#N)nc2c1. The van der Waals surface area contributed by atoms with E-state index in [-0.39, 0.29) is 17.2 Å². The van der Waals surface area contributed by atoms with Crippen molar-refractivity contribution >= 4 is 28.6 Å². The summed E-state index contributed by atoms with van der Waals surface area (Å²) in [6, 6.07) is 16.5. The average molecular weight is 408 g/mol. The van der Waals surface area contributed by atoms with Crippen LogP contribution in [0.2, 0.25) is 0 Å². The Balaban J connectivity index is 2.01. The van der Waals surface area contributed by atoms with Gasteiger partial charge in [-0.2, -0.15) is 5.26 Å². The number of hydrogen-bond donors (Lipinski definition) is 1. The third kappa shape index (κ3) is 5.02. The number of nitrogens with one attached hydrogen (secondary N) is 1. The highest BCUT2D eigenvalue weighted by Gasteiger charge is 2.14. The Bertz CT molecular complexity index is 1110. The second kappa shape index (κ2) is 9.87. The molecule has 148 valence electrons. The summed E-state index contributed by atoms with van der Waals surface area (Å²) in [6.07, 6.45) is 0. The molecule has 0 saturated carbocycles. The van der Waals surface area contributed by atoms with Gasteiger partial charge in [-0.25, -0.2) is 4.98 Å². The maximum Gasteiger partial charge on any atom is 0.262 e. The van der Waals surface area contributed by atoms with Gasteiger partial charge in [-0.1, -0.05) is 42.1 Å². The van der Waals surface area contributed by atoms with Crippen LogP contribution in [0.25, 0.3) is 10.9 Å². The smallest absolute Gasteiger partial charge is 0.262 e. The Morgan fingerprint density at radius 1 is 1.28 bits per heavy atom. The summed E-state index contributed by atoms with van der Waals surface area (Å²) in [5.41, 5.74) is 1.60. The van der Waals surface area contributed by atoms with Crippen LogP contribution in [0.3, 0.4) is 0 Å². The largest absolute Gasteiger partial charge is 0.383 e. The first kappa shape index (κ1) is 20.6.